The Kier molecular flexibility index (Phi) is 6.65. The van der Waals surface area contributed by atoms with Crippen molar-refractivity contribution in [3.63, 3.8) is 0 Å². The summed E-state index contributed by atoms with van der Waals surface area (Å²) in [6.45, 7) is 3.64. The molecule has 15 heavy (non-hydrogen) atoms. The standard InChI is InChI=1S/C11H14BrNO.ClH/c1-2-3-7-10(13)8-5-4-6-9(12)11(8)14;/h2,4-6,10,14H,1,3,7,13H2;1H/t10-;/m0./s1. The van der Waals surface area contributed by atoms with E-state index in [2.05, 4.69) is 22.5 Å². The second-order valence-electron chi connectivity index (χ2n) is 3.15. The molecule has 0 aliphatic rings. The van der Waals surface area contributed by atoms with Crippen molar-refractivity contribution < 1.29 is 5.11 Å². The highest BCUT2D eigenvalue weighted by Crippen LogP contribution is 2.32. The molecular weight excluding hydrogens is 277 g/mol. The average molecular weight is 293 g/mol. The minimum atomic E-state index is -0.134. The molecule has 0 saturated heterocycles. The molecule has 3 N–H and O–H groups in total. The molecular formula is C11H15BrClNO. The van der Waals surface area contributed by atoms with Gasteiger partial charge in [-0.15, -0.1) is 19.0 Å². The van der Waals surface area contributed by atoms with Crippen LogP contribution in [0, 0.1) is 0 Å². The number of halogens is 2. The van der Waals surface area contributed by atoms with Gasteiger partial charge >= 0.3 is 0 Å². The number of para-hydroxylation sites is 1. The highest BCUT2D eigenvalue weighted by molar-refractivity contribution is 9.10. The van der Waals surface area contributed by atoms with E-state index in [1.54, 1.807) is 6.07 Å². The van der Waals surface area contributed by atoms with Gasteiger partial charge in [-0.25, -0.2) is 0 Å². The average Bonchev–Trinajstić information content (AvgIpc) is 2.18. The maximum Gasteiger partial charge on any atom is 0.134 e. The Hall–Kier alpha value is -0.510. The minimum Gasteiger partial charge on any atom is -0.506 e. The second kappa shape index (κ2) is 6.88. The molecule has 84 valence electrons. The zero-order chi connectivity index (χ0) is 10.6. The summed E-state index contributed by atoms with van der Waals surface area (Å²) in [5.74, 6) is 0.240. The Balaban J connectivity index is 0.00000196. The first-order chi connectivity index (χ1) is 6.66. The van der Waals surface area contributed by atoms with Gasteiger partial charge in [0, 0.05) is 11.6 Å². The molecule has 0 aliphatic carbocycles. The van der Waals surface area contributed by atoms with E-state index < -0.39 is 0 Å². The van der Waals surface area contributed by atoms with Crippen molar-refractivity contribution in [1.29, 1.82) is 0 Å². The fraction of sp³-hybridized carbons (Fsp3) is 0.273. The lowest BCUT2D eigenvalue weighted by Crippen LogP contribution is -2.09. The highest BCUT2D eigenvalue weighted by Gasteiger charge is 2.11. The molecule has 0 spiro atoms. The number of rotatable bonds is 4. The number of benzene rings is 1. The van der Waals surface area contributed by atoms with E-state index in [0.717, 1.165) is 18.4 Å². The molecule has 0 heterocycles. The Morgan fingerprint density at radius 2 is 2.20 bits per heavy atom. The number of allylic oxidation sites excluding steroid dienone is 1. The first-order valence-electron chi connectivity index (χ1n) is 4.50. The number of phenols is 1. The summed E-state index contributed by atoms with van der Waals surface area (Å²) in [6, 6.07) is 5.37. The zero-order valence-electron chi connectivity index (χ0n) is 8.32. The molecule has 0 amide bonds. The Bertz CT molecular complexity index is 330. The van der Waals surface area contributed by atoms with E-state index in [1.165, 1.54) is 0 Å². The van der Waals surface area contributed by atoms with Crippen LogP contribution in [0.25, 0.3) is 0 Å². The summed E-state index contributed by atoms with van der Waals surface area (Å²) in [4.78, 5) is 0. The molecule has 0 saturated carbocycles. The van der Waals surface area contributed by atoms with E-state index in [0.29, 0.717) is 4.47 Å². The maximum absolute atomic E-state index is 9.71. The van der Waals surface area contributed by atoms with Crippen molar-refractivity contribution in [3.8, 4) is 5.75 Å². The van der Waals surface area contributed by atoms with E-state index in [-0.39, 0.29) is 24.2 Å². The van der Waals surface area contributed by atoms with Crippen LogP contribution in [0.5, 0.6) is 5.75 Å². The van der Waals surface area contributed by atoms with Crippen LogP contribution in [0.3, 0.4) is 0 Å². The third kappa shape index (κ3) is 3.86. The predicted octanol–water partition coefficient (Wildman–Crippen LogP) is 3.54. The van der Waals surface area contributed by atoms with E-state index in [4.69, 9.17) is 5.73 Å². The molecule has 0 aromatic heterocycles. The monoisotopic (exact) mass is 291 g/mol. The van der Waals surface area contributed by atoms with Gasteiger partial charge in [-0.3, -0.25) is 0 Å². The van der Waals surface area contributed by atoms with Crippen molar-refractivity contribution in [2.24, 2.45) is 5.73 Å². The van der Waals surface area contributed by atoms with Crippen LogP contribution in [-0.2, 0) is 0 Å². The second-order valence-corrected chi connectivity index (χ2v) is 4.00. The molecule has 2 nitrogen and oxygen atoms in total. The van der Waals surface area contributed by atoms with Crippen LogP contribution in [0.1, 0.15) is 24.4 Å². The number of phenolic OH excluding ortho intramolecular Hbond substituents is 1. The molecule has 0 fully saturated rings. The van der Waals surface area contributed by atoms with Crippen molar-refractivity contribution in [1.82, 2.24) is 0 Å². The number of nitrogens with two attached hydrogens (primary N) is 1. The van der Waals surface area contributed by atoms with Crippen molar-refractivity contribution in [2.45, 2.75) is 18.9 Å². The largest absolute Gasteiger partial charge is 0.506 e. The van der Waals surface area contributed by atoms with Gasteiger partial charge in [0.05, 0.1) is 4.47 Å². The van der Waals surface area contributed by atoms with Crippen molar-refractivity contribution >= 4 is 28.3 Å². The smallest absolute Gasteiger partial charge is 0.134 e. The zero-order valence-corrected chi connectivity index (χ0v) is 10.7. The van der Waals surface area contributed by atoms with Gasteiger partial charge in [-0.1, -0.05) is 18.2 Å². The number of hydrogen-bond donors (Lipinski definition) is 2. The quantitative estimate of drug-likeness (QED) is 0.834. The van der Waals surface area contributed by atoms with E-state index >= 15 is 0 Å². The Morgan fingerprint density at radius 1 is 1.53 bits per heavy atom. The van der Waals surface area contributed by atoms with Gasteiger partial charge in [0.25, 0.3) is 0 Å². The molecule has 0 aliphatic heterocycles. The van der Waals surface area contributed by atoms with Crippen LogP contribution in [0.15, 0.2) is 35.3 Å². The van der Waals surface area contributed by atoms with Gasteiger partial charge in [-0.2, -0.15) is 0 Å². The van der Waals surface area contributed by atoms with E-state index in [9.17, 15) is 5.11 Å². The van der Waals surface area contributed by atoms with Crippen LogP contribution in [-0.4, -0.2) is 5.11 Å². The number of hydrogen-bond acceptors (Lipinski definition) is 2. The van der Waals surface area contributed by atoms with Crippen LogP contribution in [0.2, 0.25) is 0 Å². The van der Waals surface area contributed by atoms with E-state index in [1.807, 2.05) is 18.2 Å². The third-order valence-electron chi connectivity index (χ3n) is 2.10. The minimum absolute atomic E-state index is 0. The van der Waals surface area contributed by atoms with Gasteiger partial charge in [-0.05, 0) is 34.8 Å². The van der Waals surface area contributed by atoms with Gasteiger partial charge in [0.1, 0.15) is 5.75 Å². The lowest BCUT2D eigenvalue weighted by molar-refractivity contribution is 0.455. The molecule has 4 heteroatoms. The number of aromatic hydroxyl groups is 1. The van der Waals surface area contributed by atoms with Crippen molar-refractivity contribution in [3.05, 3.63) is 40.9 Å². The van der Waals surface area contributed by atoms with Gasteiger partial charge < -0.3 is 10.8 Å². The molecule has 1 atom stereocenters. The summed E-state index contributed by atoms with van der Waals surface area (Å²) in [5, 5.41) is 9.71. The topological polar surface area (TPSA) is 46.2 Å². The Morgan fingerprint density at radius 3 is 2.80 bits per heavy atom. The van der Waals surface area contributed by atoms with Gasteiger partial charge in [0.15, 0.2) is 0 Å². The molecule has 1 aromatic rings. The fourth-order valence-electron chi connectivity index (χ4n) is 1.28. The molecule has 1 rings (SSSR count). The summed E-state index contributed by atoms with van der Waals surface area (Å²) in [7, 11) is 0. The fourth-order valence-corrected chi connectivity index (χ4v) is 1.67. The first-order valence-corrected chi connectivity index (χ1v) is 5.30. The Labute approximate surface area is 105 Å². The normalized spacial score (nSPS) is 11.6. The maximum atomic E-state index is 9.71. The summed E-state index contributed by atoms with van der Waals surface area (Å²) in [5.41, 5.74) is 6.70. The lowest BCUT2D eigenvalue weighted by Gasteiger charge is -2.13. The lowest BCUT2D eigenvalue weighted by atomic mass is 10.0. The first kappa shape index (κ1) is 14.5. The van der Waals surface area contributed by atoms with Crippen LogP contribution < -0.4 is 5.73 Å². The van der Waals surface area contributed by atoms with Crippen LogP contribution in [0.4, 0.5) is 0 Å². The van der Waals surface area contributed by atoms with Gasteiger partial charge in [0.2, 0.25) is 0 Å². The summed E-state index contributed by atoms with van der Waals surface area (Å²) >= 11 is 3.26. The molecule has 0 unspecified atom stereocenters. The highest BCUT2D eigenvalue weighted by atomic mass is 79.9. The molecule has 0 radical (unpaired) electrons. The SMILES string of the molecule is C=CCC[C@H](N)c1cccc(Br)c1O.Cl. The third-order valence-corrected chi connectivity index (χ3v) is 2.74. The molecule has 0 bridgehead atoms. The summed E-state index contributed by atoms with van der Waals surface area (Å²) < 4.78 is 0.684. The predicted molar refractivity (Wildman–Crippen MR) is 69.4 cm³/mol. The molecule has 1 aromatic carbocycles. The van der Waals surface area contributed by atoms with Crippen molar-refractivity contribution in [2.75, 3.05) is 0 Å². The van der Waals surface area contributed by atoms with Crippen LogP contribution >= 0.6 is 28.3 Å². The summed E-state index contributed by atoms with van der Waals surface area (Å²) in [6.07, 6.45) is 3.48.